The van der Waals surface area contributed by atoms with Crippen LogP contribution in [0.4, 0.5) is 0 Å². The van der Waals surface area contributed by atoms with Crippen LogP contribution in [-0.2, 0) is 6.61 Å². The lowest BCUT2D eigenvalue weighted by atomic mass is 10.0. The van der Waals surface area contributed by atoms with Gasteiger partial charge in [0.25, 0.3) is 5.91 Å². The number of piperidine rings is 1. The Bertz CT molecular complexity index is 794. The van der Waals surface area contributed by atoms with E-state index in [9.17, 15) is 4.79 Å². The number of rotatable bonds is 5. The number of fused-ring (bicyclic) bond motifs is 3. The van der Waals surface area contributed by atoms with Crippen LogP contribution in [0.3, 0.4) is 0 Å². The number of benzene rings is 1. The van der Waals surface area contributed by atoms with Crippen LogP contribution in [0, 0.1) is 6.92 Å². The summed E-state index contributed by atoms with van der Waals surface area (Å²) in [5.41, 5.74) is 3.05. The molecule has 0 unspecified atom stereocenters. The number of aryl methyl sites for hydroxylation is 1. The van der Waals surface area contributed by atoms with Crippen molar-refractivity contribution in [1.82, 2.24) is 15.4 Å². The Morgan fingerprint density at radius 3 is 2.96 bits per heavy atom. The van der Waals surface area contributed by atoms with Gasteiger partial charge in [-0.15, -0.1) is 0 Å². The standard InChI is InChI=1S/C20H25N3O3/c1-14-6-7-17-15(12-14)19-16(13-25-17)18(22-26-19)20(24)21-8-5-11-23-9-3-2-4-10-23/h6-7,12H,2-5,8-11,13H2,1H3,(H,21,24). The Hall–Kier alpha value is -2.34. The van der Waals surface area contributed by atoms with Gasteiger partial charge in [-0.3, -0.25) is 4.79 Å². The van der Waals surface area contributed by atoms with E-state index in [1.165, 1.54) is 32.4 Å². The lowest BCUT2D eigenvalue weighted by Crippen LogP contribution is -2.33. The highest BCUT2D eigenvalue weighted by atomic mass is 16.5. The van der Waals surface area contributed by atoms with E-state index >= 15 is 0 Å². The molecular formula is C20H25N3O3. The van der Waals surface area contributed by atoms with Crippen molar-refractivity contribution >= 4 is 5.91 Å². The average molecular weight is 355 g/mol. The third-order valence-electron chi connectivity index (χ3n) is 5.14. The maximum atomic E-state index is 12.5. The van der Waals surface area contributed by atoms with Gasteiger partial charge < -0.3 is 19.5 Å². The summed E-state index contributed by atoms with van der Waals surface area (Å²) < 4.78 is 11.3. The first-order chi connectivity index (χ1) is 12.7. The lowest BCUT2D eigenvalue weighted by Gasteiger charge is -2.26. The van der Waals surface area contributed by atoms with E-state index < -0.39 is 0 Å². The Morgan fingerprint density at radius 1 is 1.27 bits per heavy atom. The second-order valence-corrected chi connectivity index (χ2v) is 7.14. The first-order valence-corrected chi connectivity index (χ1v) is 9.45. The minimum absolute atomic E-state index is 0.187. The highest BCUT2D eigenvalue weighted by Crippen LogP contribution is 2.39. The van der Waals surface area contributed by atoms with E-state index in [0.717, 1.165) is 35.4 Å². The number of carbonyl (C=O) groups excluding carboxylic acids is 1. The fraction of sp³-hybridized carbons (Fsp3) is 0.500. The van der Waals surface area contributed by atoms with Gasteiger partial charge >= 0.3 is 0 Å². The molecule has 26 heavy (non-hydrogen) atoms. The SMILES string of the molecule is Cc1ccc2c(c1)-c1onc(C(=O)NCCCN3CCCCC3)c1CO2. The van der Waals surface area contributed by atoms with Crippen molar-refractivity contribution in [2.24, 2.45) is 0 Å². The van der Waals surface area contributed by atoms with Crippen LogP contribution >= 0.6 is 0 Å². The van der Waals surface area contributed by atoms with Crippen molar-refractivity contribution in [3.05, 3.63) is 35.0 Å². The molecular weight excluding hydrogens is 330 g/mol. The molecule has 1 aromatic carbocycles. The second kappa shape index (κ2) is 7.50. The smallest absolute Gasteiger partial charge is 0.273 e. The molecule has 0 spiro atoms. The number of ether oxygens (including phenoxy) is 1. The molecule has 1 N–H and O–H groups in total. The molecule has 0 radical (unpaired) electrons. The highest BCUT2D eigenvalue weighted by molar-refractivity contribution is 5.95. The highest BCUT2D eigenvalue weighted by Gasteiger charge is 2.28. The molecule has 0 bridgehead atoms. The summed E-state index contributed by atoms with van der Waals surface area (Å²) in [6.07, 6.45) is 4.87. The molecule has 4 rings (SSSR count). The number of nitrogens with one attached hydrogen (secondary N) is 1. The predicted octanol–water partition coefficient (Wildman–Crippen LogP) is 3.15. The van der Waals surface area contributed by atoms with Crippen molar-refractivity contribution in [2.45, 2.75) is 39.2 Å². The fourth-order valence-electron chi connectivity index (χ4n) is 3.70. The number of carbonyl (C=O) groups is 1. The number of aromatic nitrogens is 1. The van der Waals surface area contributed by atoms with Crippen molar-refractivity contribution < 1.29 is 14.1 Å². The maximum absolute atomic E-state index is 12.5. The van der Waals surface area contributed by atoms with Crippen molar-refractivity contribution in [3.63, 3.8) is 0 Å². The zero-order valence-corrected chi connectivity index (χ0v) is 15.2. The summed E-state index contributed by atoms with van der Waals surface area (Å²) in [4.78, 5) is 15.0. The van der Waals surface area contributed by atoms with Crippen LogP contribution in [0.15, 0.2) is 22.7 Å². The van der Waals surface area contributed by atoms with Crippen LogP contribution in [-0.4, -0.2) is 42.1 Å². The average Bonchev–Trinajstić information content (AvgIpc) is 3.10. The monoisotopic (exact) mass is 355 g/mol. The maximum Gasteiger partial charge on any atom is 0.273 e. The van der Waals surface area contributed by atoms with Gasteiger partial charge in [0, 0.05) is 6.54 Å². The number of hydrogen-bond donors (Lipinski definition) is 1. The van der Waals surface area contributed by atoms with Gasteiger partial charge in [-0.1, -0.05) is 23.2 Å². The first-order valence-electron chi connectivity index (χ1n) is 9.45. The summed E-state index contributed by atoms with van der Waals surface area (Å²) in [6.45, 7) is 6.37. The van der Waals surface area contributed by atoms with Crippen LogP contribution in [0.1, 0.15) is 47.3 Å². The van der Waals surface area contributed by atoms with Crippen LogP contribution in [0.2, 0.25) is 0 Å². The largest absolute Gasteiger partial charge is 0.488 e. The zero-order valence-electron chi connectivity index (χ0n) is 15.2. The molecule has 0 aliphatic carbocycles. The Morgan fingerprint density at radius 2 is 2.12 bits per heavy atom. The molecule has 2 aliphatic heterocycles. The molecule has 1 fully saturated rings. The molecule has 1 saturated heterocycles. The molecule has 1 amide bonds. The number of amides is 1. The molecule has 2 aliphatic rings. The minimum Gasteiger partial charge on any atom is -0.488 e. The Balaban J connectivity index is 1.37. The van der Waals surface area contributed by atoms with Gasteiger partial charge in [0.05, 0.1) is 11.1 Å². The number of nitrogens with zero attached hydrogens (tertiary/aromatic N) is 2. The summed E-state index contributed by atoms with van der Waals surface area (Å²) in [6, 6.07) is 5.92. The number of likely N-dealkylation sites (tertiary alicyclic amines) is 1. The van der Waals surface area contributed by atoms with Crippen LogP contribution < -0.4 is 10.1 Å². The predicted molar refractivity (Wildman–Crippen MR) is 98.2 cm³/mol. The zero-order chi connectivity index (χ0) is 17.9. The molecule has 0 atom stereocenters. The topological polar surface area (TPSA) is 67.6 Å². The molecule has 138 valence electrons. The van der Waals surface area contributed by atoms with E-state index in [1.54, 1.807) is 0 Å². The van der Waals surface area contributed by atoms with Gasteiger partial charge in [-0.05, 0) is 58.0 Å². The first kappa shape index (κ1) is 17.1. The van der Waals surface area contributed by atoms with E-state index in [-0.39, 0.29) is 5.91 Å². The van der Waals surface area contributed by atoms with Gasteiger partial charge in [0.2, 0.25) is 0 Å². The van der Waals surface area contributed by atoms with Gasteiger partial charge in [-0.25, -0.2) is 0 Å². The van der Waals surface area contributed by atoms with E-state index in [0.29, 0.717) is 24.6 Å². The third-order valence-corrected chi connectivity index (χ3v) is 5.14. The van der Waals surface area contributed by atoms with Crippen molar-refractivity contribution in [2.75, 3.05) is 26.2 Å². The third kappa shape index (κ3) is 3.46. The van der Waals surface area contributed by atoms with Gasteiger partial charge in [0.1, 0.15) is 12.4 Å². The van der Waals surface area contributed by atoms with Crippen LogP contribution in [0.5, 0.6) is 5.75 Å². The normalized spacial score (nSPS) is 16.5. The molecule has 1 aromatic heterocycles. The van der Waals surface area contributed by atoms with Gasteiger partial charge in [0.15, 0.2) is 11.5 Å². The Labute approximate surface area is 153 Å². The van der Waals surface area contributed by atoms with E-state index in [2.05, 4.69) is 15.4 Å². The van der Waals surface area contributed by atoms with Crippen LogP contribution in [0.25, 0.3) is 11.3 Å². The molecule has 2 aromatic rings. The summed E-state index contributed by atoms with van der Waals surface area (Å²) in [5, 5.41) is 6.98. The summed E-state index contributed by atoms with van der Waals surface area (Å²) >= 11 is 0. The summed E-state index contributed by atoms with van der Waals surface area (Å²) in [7, 11) is 0. The number of hydrogen-bond acceptors (Lipinski definition) is 5. The van der Waals surface area contributed by atoms with Crippen molar-refractivity contribution in [1.29, 1.82) is 0 Å². The lowest BCUT2D eigenvalue weighted by molar-refractivity contribution is 0.0940. The second-order valence-electron chi connectivity index (χ2n) is 7.14. The minimum atomic E-state index is -0.187. The molecule has 6 nitrogen and oxygen atoms in total. The molecule has 6 heteroatoms. The fourth-order valence-corrected chi connectivity index (χ4v) is 3.70. The van der Waals surface area contributed by atoms with Crippen molar-refractivity contribution in [3.8, 4) is 17.1 Å². The Kier molecular flexibility index (Phi) is 4.93. The molecule has 3 heterocycles. The van der Waals surface area contributed by atoms with Gasteiger partial charge in [-0.2, -0.15) is 0 Å². The van der Waals surface area contributed by atoms with E-state index in [1.807, 2.05) is 25.1 Å². The van der Waals surface area contributed by atoms with E-state index in [4.69, 9.17) is 9.26 Å². The quantitative estimate of drug-likeness (QED) is 0.835. The summed E-state index contributed by atoms with van der Waals surface area (Å²) in [5.74, 6) is 1.23. The molecule has 0 saturated carbocycles.